The van der Waals surface area contributed by atoms with Gasteiger partial charge in [0, 0.05) is 20.1 Å². The Bertz CT molecular complexity index is 229. The van der Waals surface area contributed by atoms with Crippen molar-refractivity contribution in [3.63, 3.8) is 0 Å². The molecule has 86 valence electrons. The summed E-state index contributed by atoms with van der Waals surface area (Å²) in [7, 11) is 1.57. The number of ether oxygens (including phenoxy) is 1. The number of rotatable bonds is 7. The van der Waals surface area contributed by atoms with Crippen molar-refractivity contribution in [3.8, 4) is 0 Å². The highest BCUT2D eigenvalue weighted by Gasteiger charge is 2.00. The van der Waals surface area contributed by atoms with E-state index in [0.29, 0.717) is 25.4 Å². The molecule has 0 aliphatic rings. The summed E-state index contributed by atoms with van der Waals surface area (Å²) in [5.41, 5.74) is 0. The van der Waals surface area contributed by atoms with Gasteiger partial charge >= 0.3 is 0 Å². The van der Waals surface area contributed by atoms with E-state index in [1.54, 1.807) is 7.11 Å². The third-order valence-electron chi connectivity index (χ3n) is 1.49. The molecule has 0 aromatic heterocycles. The fourth-order valence-electron chi connectivity index (χ4n) is 0.714. The minimum absolute atomic E-state index is 0.122. The second-order valence-corrected chi connectivity index (χ2v) is 2.64. The van der Waals surface area contributed by atoms with Gasteiger partial charge in [-0.15, -0.1) is 0 Å². The number of amides is 1. The van der Waals surface area contributed by atoms with Crippen molar-refractivity contribution in [2.75, 3.05) is 26.9 Å². The zero-order valence-corrected chi connectivity index (χ0v) is 9.15. The molecule has 0 aromatic rings. The average Bonchev–Trinajstić information content (AvgIpc) is 2.25. The number of nitrogens with zero attached hydrogens (tertiary/aromatic N) is 2. The van der Waals surface area contributed by atoms with Gasteiger partial charge < -0.3 is 14.9 Å². The van der Waals surface area contributed by atoms with Crippen LogP contribution in [0, 0.1) is 0 Å². The zero-order valence-electron chi connectivity index (χ0n) is 9.15. The highest BCUT2D eigenvalue weighted by molar-refractivity contribution is 5.85. The van der Waals surface area contributed by atoms with Crippen molar-refractivity contribution in [3.05, 3.63) is 0 Å². The van der Waals surface area contributed by atoms with Crippen LogP contribution < -0.4 is 5.32 Å². The highest BCUT2D eigenvalue weighted by Crippen LogP contribution is 1.88. The van der Waals surface area contributed by atoms with Crippen LogP contribution in [0.3, 0.4) is 0 Å². The lowest BCUT2D eigenvalue weighted by Gasteiger charge is -2.03. The normalized spacial score (nSPS) is 10.9. The zero-order chi connectivity index (χ0) is 11.5. The van der Waals surface area contributed by atoms with Crippen molar-refractivity contribution in [2.45, 2.75) is 13.3 Å². The van der Waals surface area contributed by atoms with Gasteiger partial charge in [-0.25, -0.2) is 4.99 Å². The van der Waals surface area contributed by atoms with Crippen molar-refractivity contribution in [1.82, 2.24) is 5.32 Å². The molecule has 0 bridgehead atoms. The molecule has 0 atom stereocenters. The fourth-order valence-corrected chi connectivity index (χ4v) is 0.714. The minimum atomic E-state index is -0.240. The maximum absolute atomic E-state index is 11.1. The van der Waals surface area contributed by atoms with E-state index in [9.17, 15) is 4.79 Å². The van der Waals surface area contributed by atoms with Crippen LogP contribution in [0.2, 0.25) is 0 Å². The predicted molar refractivity (Wildman–Crippen MR) is 58.1 cm³/mol. The van der Waals surface area contributed by atoms with Gasteiger partial charge in [-0.2, -0.15) is 0 Å². The number of hydrogen-bond acceptors (Lipinski definition) is 4. The molecule has 0 rings (SSSR count). The van der Waals surface area contributed by atoms with Crippen LogP contribution in [0.5, 0.6) is 0 Å². The molecule has 6 heteroatoms. The molecule has 0 aliphatic carbocycles. The van der Waals surface area contributed by atoms with Crippen molar-refractivity contribution < 1.29 is 14.4 Å². The number of methoxy groups -OCH3 is 1. The Balaban J connectivity index is 3.62. The Morgan fingerprint density at radius 2 is 2.27 bits per heavy atom. The third kappa shape index (κ3) is 7.63. The van der Waals surface area contributed by atoms with E-state index < -0.39 is 0 Å². The van der Waals surface area contributed by atoms with Crippen LogP contribution in [-0.2, 0) is 14.4 Å². The number of carbonyl (C=O) groups is 1. The van der Waals surface area contributed by atoms with Crippen LogP contribution in [0.25, 0.3) is 0 Å². The molecule has 1 amide bonds. The molecule has 0 aliphatic heterocycles. The van der Waals surface area contributed by atoms with Crippen LogP contribution >= 0.6 is 0 Å². The molecule has 15 heavy (non-hydrogen) atoms. The van der Waals surface area contributed by atoms with Gasteiger partial charge in [-0.3, -0.25) is 4.79 Å². The van der Waals surface area contributed by atoms with E-state index >= 15 is 0 Å². The van der Waals surface area contributed by atoms with Gasteiger partial charge in [-0.05, 0) is 6.72 Å². The molecular weight excluding hydrogens is 198 g/mol. The van der Waals surface area contributed by atoms with E-state index in [1.165, 1.54) is 0 Å². The van der Waals surface area contributed by atoms with Gasteiger partial charge in [0.05, 0.1) is 6.61 Å². The van der Waals surface area contributed by atoms with Gasteiger partial charge in [0.15, 0.2) is 12.4 Å². The summed E-state index contributed by atoms with van der Waals surface area (Å²) in [5, 5.41) is 6.21. The molecule has 0 fully saturated rings. The molecule has 0 heterocycles. The lowest BCUT2D eigenvalue weighted by Crippen LogP contribution is -2.29. The Morgan fingerprint density at radius 1 is 1.53 bits per heavy atom. The summed E-state index contributed by atoms with van der Waals surface area (Å²) >= 11 is 0. The standard InChI is InChI=1S/C9H17N3O3/c1-4-8(10-2)12-15-7-9(13)11-5-6-14-3/h2,4-7H2,1,3H3,(H,11,13)/b12-8-. The molecule has 0 unspecified atom stereocenters. The van der Waals surface area contributed by atoms with E-state index in [0.717, 1.165) is 0 Å². The lowest BCUT2D eigenvalue weighted by molar-refractivity contribution is -0.125. The van der Waals surface area contributed by atoms with Crippen LogP contribution in [-0.4, -0.2) is 45.3 Å². The smallest absolute Gasteiger partial charge is 0.260 e. The van der Waals surface area contributed by atoms with Gasteiger partial charge in [0.25, 0.3) is 5.91 Å². The van der Waals surface area contributed by atoms with Crippen molar-refractivity contribution >= 4 is 18.5 Å². The number of nitrogens with one attached hydrogen (secondary N) is 1. The number of aliphatic imine (C=N–C) groups is 1. The first-order chi connectivity index (χ1) is 7.24. The fraction of sp³-hybridized carbons (Fsp3) is 0.667. The molecule has 0 radical (unpaired) electrons. The monoisotopic (exact) mass is 215 g/mol. The van der Waals surface area contributed by atoms with Gasteiger partial charge in [0.1, 0.15) is 0 Å². The van der Waals surface area contributed by atoms with Gasteiger partial charge in [0.2, 0.25) is 0 Å². The molecule has 0 saturated heterocycles. The van der Waals surface area contributed by atoms with E-state index in [1.807, 2.05) is 6.92 Å². The van der Waals surface area contributed by atoms with E-state index in [-0.39, 0.29) is 12.5 Å². The Labute approximate surface area is 89.3 Å². The summed E-state index contributed by atoms with van der Waals surface area (Å²) in [5.74, 6) is 0.231. The van der Waals surface area contributed by atoms with Gasteiger partial charge in [-0.1, -0.05) is 12.1 Å². The maximum atomic E-state index is 11.1. The third-order valence-corrected chi connectivity index (χ3v) is 1.49. The minimum Gasteiger partial charge on any atom is -0.384 e. The first kappa shape index (κ1) is 13.6. The van der Waals surface area contributed by atoms with Crippen LogP contribution in [0.4, 0.5) is 0 Å². The van der Waals surface area contributed by atoms with Crippen LogP contribution in [0.1, 0.15) is 13.3 Å². The molecule has 0 saturated carbocycles. The second kappa shape index (κ2) is 9.14. The maximum Gasteiger partial charge on any atom is 0.260 e. The quantitative estimate of drug-likeness (QED) is 0.285. The highest BCUT2D eigenvalue weighted by atomic mass is 16.6. The van der Waals surface area contributed by atoms with Crippen LogP contribution in [0.15, 0.2) is 10.1 Å². The average molecular weight is 215 g/mol. The Kier molecular flexibility index (Phi) is 8.27. The Morgan fingerprint density at radius 3 is 2.80 bits per heavy atom. The largest absolute Gasteiger partial charge is 0.384 e. The number of carbonyl (C=O) groups excluding carboxylic acids is 1. The molecule has 6 nitrogen and oxygen atoms in total. The molecule has 0 aromatic carbocycles. The summed E-state index contributed by atoms with van der Waals surface area (Å²) in [6.45, 7) is 6.00. The first-order valence-corrected chi connectivity index (χ1v) is 4.65. The van der Waals surface area contributed by atoms with E-state index in [2.05, 4.69) is 22.2 Å². The lowest BCUT2D eigenvalue weighted by atomic mass is 10.5. The number of oxime groups is 1. The molecule has 0 spiro atoms. The summed E-state index contributed by atoms with van der Waals surface area (Å²) in [4.78, 5) is 19.4. The SMILES string of the molecule is C=N/C(CC)=N\OCC(=O)NCCOC. The Hall–Kier alpha value is -1.43. The topological polar surface area (TPSA) is 72.3 Å². The predicted octanol–water partition coefficient (Wildman–Crippen LogP) is 0.190. The van der Waals surface area contributed by atoms with Crippen molar-refractivity contribution in [1.29, 1.82) is 0 Å². The summed E-state index contributed by atoms with van der Waals surface area (Å²) in [6.07, 6.45) is 0.620. The first-order valence-electron chi connectivity index (χ1n) is 4.65. The molecule has 1 N–H and O–H groups in total. The second-order valence-electron chi connectivity index (χ2n) is 2.64. The van der Waals surface area contributed by atoms with E-state index in [4.69, 9.17) is 9.57 Å². The molecular formula is C9H17N3O3. The summed E-state index contributed by atoms with van der Waals surface area (Å²) < 4.78 is 4.76. The number of amidine groups is 1. The number of hydrogen-bond donors (Lipinski definition) is 1. The summed E-state index contributed by atoms with van der Waals surface area (Å²) in [6, 6.07) is 0. The van der Waals surface area contributed by atoms with Crippen molar-refractivity contribution in [2.24, 2.45) is 10.1 Å².